The van der Waals surface area contributed by atoms with Crippen molar-refractivity contribution in [3.05, 3.63) is 37.9 Å². The number of amides is 1. The summed E-state index contributed by atoms with van der Waals surface area (Å²) in [4.78, 5) is 24.2. The maximum absolute atomic E-state index is 12.4. The molecule has 0 aromatic heterocycles. The number of carbonyl (C=O) groups is 1. The summed E-state index contributed by atoms with van der Waals surface area (Å²) in [6.45, 7) is 1.93. The fourth-order valence-corrected chi connectivity index (χ4v) is 2.69. The molecule has 0 aliphatic heterocycles. The maximum atomic E-state index is 12.4. The number of carbonyl (C=O) groups excluding carboxylic acids is 1. The third kappa shape index (κ3) is 4.49. The molecule has 0 bridgehead atoms. The quantitative estimate of drug-likeness (QED) is 0.571. The SMILES string of the molecule is CSCCC(C)N(C)C(=O)c1cc(Cl)c(Cl)c([N+](=O)[O-])c1. The molecular formula is C13H16Cl2N2O3S. The first-order valence-electron chi connectivity index (χ1n) is 6.19. The lowest BCUT2D eigenvalue weighted by Gasteiger charge is -2.25. The average molecular weight is 351 g/mol. The van der Waals surface area contributed by atoms with Gasteiger partial charge in [-0.1, -0.05) is 23.2 Å². The molecule has 0 heterocycles. The van der Waals surface area contributed by atoms with Crippen LogP contribution < -0.4 is 0 Å². The molecule has 0 N–H and O–H groups in total. The highest BCUT2D eigenvalue weighted by Crippen LogP contribution is 2.33. The molecule has 8 heteroatoms. The summed E-state index contributed by atoms with van der Waals surface area (Å²) in [5, 5.41) is 10.8. The zero-order chi connectivity index (χ0) is 16.2. The van der Waals surface area contributed by atoms with Crippen molar-refractivity contribution in [3.63, 3.8) is 0 Å². The van der Waals surface area contributed by atoms with Crippen molar-refractivity contribution in [2.75, 3.05) is 19.1 Å². The fourth-order valence-electron chi connectivity index (χ4n) is 1.72. The number of rotatable bonds is 6. The number of hydrogen-bond acceptors (Lipinski definition) is 4. The molecule has 0 aliphatic carbocycles. The second-order valence-corrected chi connectivity index (χ2v) is 6.37. The van der Waals surface area contributed by atoms with Crippen molar-refractivity contribution in [1.82, 2.24) is 4.90 Å². The Kier molecular flexibility index (Phi) is 6.77. The van der Waals surface area contributed by atoms with Crippen LogP contribution in [-0.4, -0.2) is 40.8 Å². The molecule has 21 heavy (non-hydrogen) atoms. The first kappa shape index (κ1) is 18.1. The molecule has 1 aromatic carbocycles. The van der Waals surface area contributed by atoms with Crippen molar-refractivity contribution in [2.45, 2.75) is 19.4 Å². The Hall–Kier alpha value is -0.980. The molecule has 0 radical (unpaired) electrons. The summed E-state index contributed by atoms with van der Waals surface area (Å²) in [7, 11) is 1.67. The van der Waals surface area contributed by atoms with E-state index in [0.29, 0.717) is 0 Å². The molecule has 1 atom stereocenters. The Morgan fingerprint density at radius 2 is 2.10 bits per heavy atom. The Bertz CT molecular complexity index is 554. The van der Waals surface area contributed by atoms with Crippen LogP contribution in [0.4, 0.5) is 5.69 Å². The lowest BCUT2D eigenvalue weighted by molar-refractivity contribution is -0.384. The van der Waals surface area contributed by atoms with Gasteiger partial charge in [-0.15, -0.1) is 0 Å². The van der Waals surface area contributed by atoms with Gasteiger partial charge in [-0.3, -0.25) is 14.9 Å². The first-order chi connectivity index (χ1) is 9.79. The van der Waals surface area contributed by atoms with Crippen molar-refractivity contribution < 1.29 is 9.72 Å². The highest BCUT2D eigenvalue weighted by atomic mass is 35.5. The second-order valence-electron chi connectivity index (χ2n) is 4.59. The van der Waals surface area contributed by atoms with E-state index in [1.807, 2.05) is 13.2 Å². The number of nitro groups is 1. The number of thioether (sulfide) groups is 1. The number of hydrogen-bond donors (Lipinski definition) is 0. The zero-order valence-electron chi connectivity index (χ0n) is 11.9. The number of benzene rings is 1. The van der Waals surface area contributed by atoms with Gasteiger partial charge < -0.3 is 4.90 Å². The first-order valence-corrected chi connectivity index (χ1v) is 8.34. The van der Waals surface area contributed by atoms with Crippen molar-refractivity contribution in [2.24, 2.45) is 0 Å². The molecule has 0 spiro atoms. The van der Waals surface area contributed by atoms with Gasteiger partial charge in [0.15, 0.2) is 0 Å². The van der Waals surface area contributed by atoms with Crippen molar-refractivity contribution in [3.8, 4) is 0 Å². The third-order valence-electron chi connectivity index (χ3n) is 3.17. The minimum absolute atomic E-state index is 0.000571. The van der Waals surface area contributed by atoms with Gasteiger partial charge in [0.25, 0.3) is 11.6 Å². The molecule has 116 valence electrons. The van der Waals surface area contributed by atoms with Crippen LogP contribution in [0, 0.1) is 10.1 Å². The molecule has 5 nitrogen and oxygen atoms in total. The smallest absolute Gasteiger partial charge is 0.290 e. The van der Waals surface area contributed by atoms with E-state index in [1.54, 1.807) is 23.7 Å². The largest absolute Gasteiger partial charge is 0.339 e. The van der Waals surface area contributed by atoms with Gasteiger partial charge in [0.05, 0.1) is 9.95 Å². The maximum Gasteiger partial charge on any atom is 0.290 e. The number of nitro benzene ring substituents is 1. The normalized spacial score (nSPS) is 12.0. The Morgan fingerprint density at radius 1 is 1.48 bits per heavy atom. The van der Waals surface area contributed by atoms with Gasteiger partial charge >= 0.3 is 0 Å². The highest BCUT2D eigenvalue weighted by Gasteiger charge is 2.23. The molecule has 1 amide bonds. The Labute approximate surface area is 137 Å². The van der Waals surface area contributed by atoms with E-state index >= 15 is 0 Å². The number of halogens is 2. The van der Waals surface area contributed by atoms with E-state index in [2.05, 4.69) is 0 Å². The molecule has 0 aliphatic rings. The topological polar surface area (TPSA) is 63.5 Å². The van der Waals surface area contributed by atoms with Crippen LogP contribution in [0.25, 0.3) is 0 Å². The summed E-state index contributed by atoms with van der Waals surface area (Å²) >= 11 is 13.3. The highest BCUT2D eigenvalue weighted by molar-refractivity contribution is 7.98. The minimum Gasteiger partial charge on any atom is -0.339 e. The van der Waals surface area contributed by atoms with Crippen LogP contribution >= 0.6 is 35.0 Å². The average Bonchev–Trinajstić information content (AvgIpc) is 2.45. The molecule has 0 saturated heterocycles. The summed E-state index contributed by atoms with van der Waals surface area (Å²) < 4.78 is 0. The van der Waals surface area contributed by atoms with Crippen LogP contribution in [0.1, 0.15) is 23.7 Å². The third-order valence-corrected chi connectivity index (χ3v) is 4.61. The summed E-state index contributed by atoms with van der Waals surface area (Å²) in [6, 6.07) is 2.55. The zero-order valence-corrected chi connectivity index (χ0v) is 14.3. The molecular weight excluding hydrogens is 335 g/mol. The summed E-state index contributed by atoms with van der Waals surface area (Å²) in [5.41, 5.74) is -0.202. The molecule has 0 fully saturated rings. The lowest BCUT2D eigenvalue weighted by Crippen LogP contribution is -2.35. The van der Waals surface area contributed by atoms with Crippen LogP contribution in [-0.2, 0) is 0 Å². The molecule has 1 rings (SSSR count). The van der Waals surface area contributed by atoms with Crippen molar-refractivity contribution in [1.29, 1.82) is 0 Å². The lowest BCUT2D eigenvalue weighted by atomic mass is 10.1. The van der Waals surface area contributed by atoms with Crippen LogP contribution in [0.5, 0.6) is 0 Å². The van der Waals surface area contributed by atoms with E-state index in [1.165, 1.54) is 6.07 Å². The van der Waals surface area contributed by atoms with Crippen LogP contribution in [0.2, 0.25) is 10.0 Å². The predicted molar refractivity (Wildman–Crippen MR) is 87.7 cm³/mol. The standard InChI is InChI=1S/C13H16Cl2N2O3S/c1-8(4-5-21-3)16(2)13(18)9-6-10(14)12(15)11(7-9)17(19)20/h6-8H,4-5H2,1-3H3. The van der Waals surface area contributed by atoms with E-state index in [-0.39, 0.29) is 33.2 Å². The molecule has 0 saturated carbocycles. The van der Waals surface area contributed by atoms with Gasteiger partial charge in [-0.2, -0.15) is 11.8 Å². The van der Waals surface area contributed by atoms with Crippen LogP contribution in [0.3, 0.4) is 0 Å². The monoisotopic (exact) mass is 350 g/mol. The van der Waals surface area contributed by atoms with Crippen LogP contribution in [0.15, 0.2) is 12.1 Å². The predicted octanol–water partition coefficient (Wildman–Crippen LogP) is 4.12. The second kappa shape index (κ2) is 7.87. The van der Waals surface area contributed by atoms with Gasteiger partial charge in [0.2, 0.25) is 0 Å². The summed E-state index contributed by atoms with van der Waals surface area (Å²) in [5.74, 6) is 0.616. The minimum atomic E-state index is -0.651. The van der Waals surface area contributed by atoms with E-state index in [0.717, 1.165) is 18.2 Å². The Morgan fingerprint density at radius 3 is 2.62 bits per heavy atom. The van der Waals surface area contributed by atoms with Crippen molar-refractivity contribution >= 4 is 46.6 Å². The summed E-state index contributed by atoms with van der Waals surface area (Å²) in [6.07, 6.45) is 2.84. The van der Waals surface area contributed by atoms with E-state index < -0.39 is 4.92 Å². The number of nitrogens with zero attached hydrogens (tertiary/aromatic N) is 2. The van der Waals surface area contributed by atoms with Gasteiger partial charge in [-0.05, 0) is 31.4 Å². The van der Waals surface area contributed by atoms with E-state index in [9.17, 15) is 14.9 Å². The van der Waals surface area contributed by atoms with Gasteiger partial charge in [0.1, 0.15) is 5.02 Å². The molecule has 1 unspecified atom stereocenters. The fraction of sp³-hybridized carbons (Fsp3) is 0.462. The molecule has 1 aromatic rings. The van der Waals surface area contributed by atoms with E-state index in [4.69, 9.17) is 23.2 Å². The van der Waals surface area contributed by atoms with Gasteiger partial charge in [-0.25, -0.2) is 0 Å². The van der Waals surface area contributed by atoms with Gasteiger partial charge in [0, 0.05) is 24.7 Å². The Balaban J connectivity index is 3.05.